The Kier molecular flexibility index (Phi) is 10.9. The maximum atomic E-state index is 12.6. The number of amides is 2. The van der Waals surface area contributed by atoms with Crippen LogP contribution in [-0.2, 0) is 10.9 Å². The van der Waals surface area contributed by atoms with Gasteiger partial charge in [-0.05, 0) is 49.4 Å². The minimum atomic E-state index is -4.49. The summed E-state index contributed by atoms with van der Waals surface area (Å²) in [4.78, 5) is 35.1. The Bertz CT molecular complexity index is 1580. The van der Waals surface area contributed by atoms with Crippen LogP contribution >= 0.6 is 11.6 Å². The number of rotatable bonds is 6. The molecular weight excluding hydrogens is 579 g/mol. The summed E-state index contributed by atoms with van der Waals surface area (Å²) in [5, 5.41) is 11.4. The Morgan fingerprint density at radius 2 is 1.60 bits per heavy atom. The maximum absolute atomic E-state index is 12.6. The summed E-state index contributed by atoms with van der Waals surface area (Å²) in [7, 11) is 1.55. The molecule has 220 valence electrons. The topological polar surface area (TPSA) is 124 Å². The van der Waals surface area contributed by atoms with Crippen LogP contribution in [0.3, 0.4) is 0 Å². The van der Waals surface area contributed by atoms with E-state index in [9.17, 15) is 27.6 Å². The fraction of sp³-hybridized carbons (Fsp3) is 0.143. The Labute approximate surface area is 243 Å². The van der Waals surface area contributed by atoms with Crippen molar-refractivity contribution in [3.63, 3.8) is 0 Å². The number of hydrogen-bond donors (Lipinski definition) is 3. The van der Waals surface area contributed by atoms with Crippen molar-refractivity contribution in [1.29, 1.82) is 0 Å². The third-order valence-corrected chi connectivity index (χ3v) is 5.56. The van der Waals surface area contributed by atoms with E-state index in [1.54, 1.807) is 56.4 Å². The third-order valence-electron chi connectivity index (χ3n) is 5.19. The predicted molar refractivity (Wildman–Crippen MR) is 153 cm³/mol. The SMILES string of the molecule is CCOC(=O)Nc1cccc(OC(=O)Nc2ccccc2)c1.CNc1cnn(-c2cccc(C(F)(F)F)c2)c(=O)c1Cl. The first-order chi connectivity index (χ1) is 20.0. The number of alkyl halides is 3. The van der Waals surface area contributed by atoms with E-state index in [4.69, 9.17) is 21.1 Å². The maximum Gasteiger partial charge on any atom is 0.417 e. The average molecular weight is 604 g/mol. The van der Waals surface area contributed by atoms with Gasteiger partial charge in [-0.15, -0.1) is 0 Å². The van der Waals surface area contributed by atoms with E-state index < -0.39 is 29.5 Å². The molecule has 1 heterocycles. The number of aromatic nitrogens is 2. The van der Waals surface area contributed by atoms with Crippen molar-refractivity contribution in [1.82, 2.24) is 9.78 Å². The zero-order valence-electron chi connectivity index (χ0n) is 22.2. The molecular formula is C28H25ClF3N5O5. The molecule has 0 saturated heterocycles. The second-order valence-corrected chi connectivity index (χ2v) is 8.52. The van der Waals surface area contributed by atoms with Gasteiger partial charge in [-0.2, -0.15) is 23.0 Å². The van der Waals surface area contributed by atoms with Gasteiger partial charge in [0.15, 0.2) is 0 Å². The molecule has 0 fully saturated rings. The molecule has 3 N–H and O–H groups in total. The first kappa shape index (κ1) is 31.5. The van der Waals surface area contributed by atoms with E-state index in [0.717, 1.165) is 16.8 Å². The Morgan fingerprint density at radius 1 is 0.929 bits per heavy atom. The molecule has 10 nitrogen and oxygen atoms in total. The predicted octanol–water partition coefficient (Wildman–Crippen LogP) is 6.81. The zero-order valence-corrected chi connectivity index (χ0v) is 23.0. The number of ether oxygens (including phenoxy) is 2. The summed E-state index contributed by atoms with van der Waals surface area (Å²) in [6, 6.07) is 19.7. The molecule has 42 heavy (non-hydrogen) atoms. The van der Waals surface area contributed by atoms with Gasteiger partial charge in [-0.3, -0.25) is 15.4 Å². The lowest BCUT2D eigenvalue weighted by Gasteiger charge is -2.10. The van der Waals surface area contributed by atoms with Crippen LogP contribution < -0.4 is 26.2 Å². The Hall–Kier alpha value is -5.04. The van der Waals surface area contributed by atoms with Gasteiger partial charge in [0, 0.05) is 24.5 Å². The van der Waals surface area contributed by atoms with Gasteiger partial charge in [0.2, 0.25) is 0 Å². The molecule has 2 amide bonds. The molecule has 14 heteroatoms. The standard InChI is InChI=1S/C16H16N2O4.C12H9ClF3N3O/c1-2-21-15(19)18-13-9-6-10-14(11-13)22-16(20)17-12-7-4-3-5-8-12;1-17-9-6-18-19(11(20)10(9)13)8-4-2-3-7(5-8)12(14,15)16/h3-11H,2H2,1H3,(H,17,20)(H,18,19);2-6,17H,1H3. The van der Waals surface area contributed by atoms with Gasteiger partial charge in [0.05, 0.1) is 29.7 Å². The number of carbonyl (C=O) groups is 2. The molecule has 4 rings (SSSR count). The molecule has 0 bridgehead atoms. The molecule has 0 atom stereocenters. The van der Waals surface area contributed by atoms with Gasteiger partial charge in [-0.1, -0.05) is 41.9 Å². The van der Waals surface area contributed by atoms with Crippen LogP contribution in [0.25, 0.3) is 5.69 Å². The second kappa shape index (κ2) is 14.6. The highest BCUT2D eigenvalue weighted by atomic mass is 35.5. The number of anilines is 3. The quantitative estimate of drug-likeness (QED) is 0.221. The normalized spacial score (nSPS) is 10.5. The Balaban J connectivity index is 0.000000231. The van der Waals surface area contributed by atoms with Crippen LogP contribution in [0.15, 0.2) is 89.9 Å². The van der Waals surface area contributed by atoms with Crippen LogP contribution in [0.5, 0.6) is 5.75 Å². The van der Waals surface area contributed by atoms with Gasteiger partial charge in [0.25, 0.3) is 5.56 Å². The van der Waals surface area contributed by atoms with E-state index in [2.05, 4.69) is 21.0 Å². The minimum Gasteiger partial charge on any atom is -0.450 e. The largest absolute Gasteiger partial charge is 0.450 e. The number of benzene rings is 3. The lowest BCUT2D eigenvalue weighted by molar-refractivity contribution is -0.137. The highest BCUT2D eigenvalue weighted by molar-refractivity contribution is 6.32. The van der Waals surface area contributed by atoms with Crippen molar-refractivity contribution in [2.75, 3.05) is 29.6 Å². The Morgan fingerprint density at radius 3 is 2.26 bits per heavy atom. The molecule has 0 aliphatic heterocycles. The van der Waals surface area contributed by atoms with Gasteiger partial charge >= 0.3 is 18.4 Å². The van der Waals surface area contributed by atoms with E-state index in [0.29, 0.717) is 22.8 Å². The minimum absolute atomic E-state index is 0.00521. The number of nitrogens with one attached hydrogen (secondary N) is 3. The second-order valence-electron chi connectivity index (χ2n) is 8.14. The molecule has 4 aromatic rings. The first-order valence-corrected chi connectivity index (χ1v) is 12.6. The highest BCUT2D eigenvalue weighted by Crippen LogP contribution is 2.30. The van der Waals surface area contributed by atoms with E-state index in [1.165, 1.54) is 24.4 Å². The van der Waals surface area contributed by atoms with Crippen molar-refractivity contribution >= 4 is 40.8 Å². The smallest absolute Gasteiger partial charge is 0.417 e. The lowest BCUT2D eigenvalue weighted by Crippen LogP contribution is -2.22. The van der Waals surface area contributed by atoms with Crippen LogP contribution in [0.2, 0.25) is 5.02 Å². The van der Waals surface area contributed by atoms with Gasteiger partial charge in [-0.25, -0.2) is 9.59 Å². The van der Waals surface area contributed by atoms with Crippen molar-refractivity contribution in [3.05, 3.63) is 106 Å². The fourth-order valence-electron chi connectivity index (χ4n) is 3.30. The summed E-state index contributed by atoms with van der Waals surface area (Å²) in [5.41, 5.74) is -0.151. The molecule has 3 aromatic carbocycles. The van der Waals surface area contributed by atoms with E-state index >= 15 is 0 Å². The highest BCUT2D eigenvalue weighted by Gasteiger charge is 2.30. The number of carbonyl (C=O) groups excluding carboxylic acids is 2. The van der Waals surface area contributed by atoms with Crippen molar-refractivity contribution in [2.24, 2.45) is 0 Å². The summed E-state index contributed by atoms with van der Waals surface area (Å²) in [6.45, 7) is 1.99. The van der Waals surface area contributed by atoms with Crippen LogP contribution in [-0.4, -0.2) is 35.6 Å². The third kappa shape index (κ3) is 8.99. The van der Waals surface area contributed by atoms with Gasteiger partial charge < -0.3 is 14.8 Å². The zero-order chi connectivity index (χ0) is 30.7. The summed E-state index contributed by atoms with van der Waals surface area (Å²) < 4.78 is 48.7. The first-order valence-electron chi connectivity index (χ1n) is 12.2. The fourth-order valence-corrected chi connectivity index (χ4v) is 3.52. The van der Waals surface area contributed by atoms with E-state index in [-0.39, 0.29) is 17.3 Å². The number of halogens is 4. The number of para-hydroxylation sites is 1. The van der Waals surface area contributed by atoms with Crippen LogP contribution in [0, 0.1) is 0 Å². The van der Waals surface area contributed by atoms with Crippen molar-refractivity contribution in [3.8, 4) is 11.4 Å². The molecule has 0 unspecified atom stereocenters. The average Bonchev–Trinajstić information content (AvgIpc) is 2.95. The van der Waals surface area contributed by atoms with Crippen LogP contribution in [0.1, 0.15) is 12.5 Å². The van der Waals surface area contributed by atoms with Gasteiger partial charge in [0.1, 0.15) is 10.8 Å². The molecule has 0 aliphatic carbocycles. The number of hydrogen-bond acceptors (Lipinski definition) is 7. The summed E-state index contributed by atoms with van der Waals surface area (Å²) in [5.74, 6) is 0.308. The summed E-state index contributed by atoms with van der Waals surface area (Å²) >= 11 is 5.82. The summed E-state index contributed by atoms with van der Waals surface area (Å²) in [6.07, 6.45) is -4.40. The monoisotopic (exact) mass is 603 g/mol. The van der Waals surface area contributed by atoms with Crippen molar-refractivity contribution in [2.45, 2.75) is 13.1 Å². The van der Waals surface area contributed by atoms with E-state index in [1.807, 2.05) is 6.07 Å². The van der Waals surface area contributed by atoms with Crippen molar-refractivity contribution < 1.29 is 32.2 Å². The molecule has 0 spiro atoms. The lowest BCUT2D eigenvalue weighted by atomic mass is 10.2. The molecule has 0 aliphatic rings. The van der Waals surface area contributed by atoms with Crippen LogP contribution in [0.4, 0.5) is 39.8 Å². The molecule has 1 aromatic heterocycles. The molecule has 0 radical (unpaired) electrons. The number of nitrogens with zero attached hydrogens (tertiary/aromatic N) is 2. The molecule has 0 saturated carbocycles.